The fourth-order valence-electron chi connectivity index (χ4n) is 4.59. The molecule has 5 N–H and O–H groups in total. The van der Waals surface area contributed by atoms with Crippen molar-refractivity contribution in [2.45, 2.75) is 38.5 Å². The van der Waals surface area contributed by atoms with Gasteiger partial charge in [-0.3, -0.25) is 14.3 Å². The zero-order valence-corrected chi connectivity index (χ0v) is 22.4. The molecular weight excluding hydrogens is 526 g/mol. The molecule has 0 spiro atoms. The lowest BCUT2D eigenvalue weighted by molar-refractivity contribution is -0.114. The van der Waals surface area contributed by atoms with Gasteiger partial charge in [-0.2, -0.15) is 4.98 Å². The molecule has 0 radical (unpaired) electrons. The Labute approximate surface area is 236 Å². The monoisotopic (exact) mass is 557 g/mol. The SMILES string of the molecule is CC(=O)Nc1ccc2c(c1)Cc1ccccc1-2.Nc1ccn([C@H]2CC[C@@H](CO)O2)c(=O)n1.O=C(O)c1cccnc1. The fraction of sp³-hybridized carbons (Fsp3) is 0.233. The molecule has 0 saturated carbocycles. The molecule has 2 aliphatic rings. The summed E-state index contributed by atoms with van der Waals surface area (Å²) in [4.78, 5) is 39.9. The van der Waals surface area contributed by atoms with Crippen molar-refractivity contribution in [3.8, 4) is 11.1 Å². The van der Waals surface area contributed by atoms with Gasteiger partial charge in [-0.05, 0) is 71.8 Å². The number of carbonyl (C=O) groups is 2. The highest BCUT2D eigenvalue weighted by molar-refractivity contribution is 5.90. The minimum Gasteiger partial charge on any atom is -0.478 e. The van der Waals surface area contributed by atoms with E-state index in [1.165, 1.54) is 52.2 Å². The first-order chi connectivity index (χ1) is 19.7. The molecule has 2 atom stereocenters. The van der Waals surface area contributed by atoms with Crippen LogP contribution in [-0.4, -0.2) is 49.3 Å². The number of hydrogen-bond donors (Lipinski definition) is 4. The highest BCUT2D eigenvalue weighted by Gasteiger charge is 2.26. The van der Waals surface area contributed by atoms with Crippen molar-refractivity contribution in [1.82, 2.24) is 14.5 Å². The average molecular weight is 558 g/mol. The van der Waals surface area contributed by atoms with E-state index in [2.05, 4.69) is 51.7 Å². The Balaban J connectivity index is 0.000000149. The van der Waals surface area contributed by atoms with E-state index in [-0.39, 0.29) is 36.2 Å². The second kappa shape index (κ2) is 13.5. The van der Waals surface area contributed by atoms with E-state index in [1.807, 2.05) is 6.07 Å². The van der Waals surface area contributed by atoms with E-state index in [1.54, 1.807) is 18.3 Å². The summed E-state index contributed by atoms with van der Waals surface area (Å²) >= 11 is 0. The van der Waals surface area contributed by atoms with Crippen LogP contribution in [0.15, 0.2) is 84.0 Å². The number of anilines is 2. The largest absolute Gasteiger partial charge is 0.478 e. The van der Waals surface area contributed by atoms with Gasteiger partial charge in [0.1, 0.15) is 12.0 Å². The van der Waals surface area contributed by atoms with Gasteiger partial charge in [0.05, 0.1) is 18.3 Å². The molecule has 212 valence electrons. The van der Waals surface area contributed by atoms with Crippen molar-refractivity contribution < 1.29 is 24.5 Å². The number of pyridine rings is 1. The standard InChI is InChI=1S/C15H13NO.C9H13N3O3.C6H5NO2/c1-10(17)16-13-6-7-15-12(9-13)8-11-4-2-3-5-14(11)15;10-7-3-4-12(9(14)11-7)8-2-1-6(5-13)15-8;8-6(9)5-2-1-3-7-4-5/h2-7,9H,8H2,1H3,(H,16,17);3-4,6,8,13H,1-2,5H2,(H2,10,11,14);1-4H,(H,8,9)/t;6-,8+;/m.0./s1. The number of fused-ring (bicyclic) bond motifs is 3. The average Bonchev–Trinajstić information content (AvgIpc) is 3.58. The van der Waals surface area contributed by atoms with Gasteiger partial charge in [0, 0.05) is 31.2 Å². The van der Waals surface area contributed by atoms with Gasteiger partial charge in [-0.1, -0.05) is 30.3 Å². The van der Waals surface area contributed by atoms with E-state index < -0.39 is 11.7 Å². The lowest BCUT2D eigenvalue weighted by atomic mass is 10.1. The van der Waals surface area contributed by atoms with E-state index in [9.17, 15) is 14.4 Å². The molecule has 0 bridgehead atoms. The summed E-state index contributed by atoms with van der Waals surface area (Å²) < 4.78 is 6.84. The zero-order valence-electron chi connectivity index (χ0n) is 22.4. The van der Waals surface area contributed by atoms with Gasteiger partial charge in [-0.25, -0.2) is 9.59 Å². The molecule has 1 saturated heterocycles. The third kappa shape index (κ3) is 7.62. The smallest absolute Gasteiger partial charge is 0.351 e. The number of carbonyl (C=O) groups excluding carboxylic acids is 1. The Morgan fingerprint density at radius 1 is 1.07 bits per heavy atom. The lowest BCUT2D eigenvalue weighted by Gasteiger charge is -2.14. The van der Waals surface area contributed by atoms with Crippen LogP contribution >= 0.6 is 0 Å². The number of aromatic carboxylic acids is 1. The van der Waals surface area contributed by atoms with Crippen LogP contribution in [0.2, 0.25) is 0 Å². The maximum absolute atomic E-state index is 11.5. The first-order valence-electron chi connectivity index (χ1n) is 13.0. The minimum atomic E-state index is -0.942. The van der Waals surface area contributed by atoms with Crippen LogP contribution in [0.4, 0.5) is 11.5 Å². The van der Waals surface area contributed by atoms with E-state index in [4.69, 9.17) is 20.7 Å². The van der Waals surface area contributed by atoms with Crippen molar-refractivity contribution in [1.29, 1.82) is 0 Å². The molecule has 3 heterocycles. The first kappa shape index (κ1) is 29.1. The third-order valence-electron chi connectivity index (χ3n) is 6.47. The number of hydrogen-bond acceptors (Lipinski definition) is 8. The van der Waals surface area contributed by atoms with Crippen LogP contribution in [0.1, 0.15) is 47.5 Å². The van der Waals surface area contributed by atoms with Crippen LogP contribution in [-0.2, 0) is 16.0 Å². The van der Waals surface area contributed by atoms with Gasteiger partial charge in [-0.15, -0.1) is 0 Å². The second-order valence-corrected chi connectivity index (χ2v) is 9.45. The molecule has 11 heteroatoms. The summed E-state index contributed by atoms with van der Waals surface area (Å²) in [6.07, 6.45) is 6.31. The summed E-state index contributed by atoms with van der Waals surface area (Å²) in [7, 11) is 0. The Morgan fingerprint density at radius 2 is 1.85 bits per heavy atom. The zero-order chi connectivity index (χ0) is 29.4. The quantitative estimate of drug-likeness (QED) is 0.258. The maximum atomic E-state index is 11.5. The molecule has 11 nitrogen and oxygen atoms in total. The number of aliphatic hydroxyl groups excluding tert-OH is 1. The molecule has 1 aliphatic carbocycles. The maximum Gasteiger partial charge on any atom is 0.351 e. The summed E-state index contributed by atoms with van der Waals surface area (Å²) in [6.45, 7) is 1.51. The van der Waals surface area contributed by atoms with Gasteiger partial charge in [0.2, 0.25) is 5.91 Å². The number of aliphatic hydroxyl groups is 1. The molecule has 2 aromatic carbocycles. The highest BCUT2D eigenvalue weighted by atomic mass is 16.5. The molecule has 1 fully saturated rings. The number of ether oxygens (including phenoxy) is 1. The third-order valence-corrected chi connectivity index (χ3v) is 6.47. The number of nitrogen functional groups attached to an aromatic ring is 1. The molecule has 41 heavy (non-hydrogen) atoms. The number of nitrogens with two attached hydrogens (primary N) is 1. The second-order valence-electron chi connectivity index (χ2n) is 9.45. The summed E-state index contributed by atoms with van der Waals surface area (Å²) in [5.41, 5.74) is 11.3. The predicted molar refractivity (Wildman–Crippen MR) is 153 cm³/mol. The Bertz CT molecular complexity index is 1570. The number of nitrogens with one attached hydrogen (secondary N) is 1. The number of aromatic nitrogens is 3. The van der Waals surface area contributed by atoms with Crippen molar-refractivity contribution >= 4 is 23.4 Å². The van der Waals surface area contributed by atoms with Crippen LogP contribution in [0.25, 0.3) is 11.1 Å². The Kier molecular flexibility index (Phi) is 9.56. The Morgan fingerprint density at radius 3 is 2.49 bits per heavy atom. The number of carboxylic acid groups (broad SMARTS) is 1. The molecule has 4 aromatic rings. The summed E-state index contributed by atoms with van der Waals surface area (Å²) in [5, 5.41) is 20.1. The van der Waals surface area contributed by atoms with Gasteiger partial charge in [0.15, 0.2) is 0 Å². The summed E-state index contributed by atoms with van der Waals surface area (Å²) in [5.74, 6) is -0.767. The number of benzene rings is 2. The topological polar surface area (TPSA) is 170 Å². The van der Waals surface area contributed by atoms with E-state index in [0.717, 1.165) is 18.5 Å². The minimum absolute atomic E-state index is 0.0202. The van der Waals surface area contributed by atoms with E-state index >= 15 is 0 Å². The number of carboxylic acids is 1. The van der Waals surface area contributed by atoms with Crippen LogP contribution in [0, 0.1) is 0 Å². The van der Waals surface area contributed by atoms with Crippen molar-refractivity contribution in [3.05, 3.63) is 106 Å². The number of amides is 1. The van der Waals surface area contributed by atoms with Gasteiger partial charge < -0.3 is 26.0 Å². The molecule has 1 aliphatic heterocycles. The van der Waals surface area contributed by atoms with E-state index in [0.29, 0.717) is 6.42 Å². The van der Waals surface area contributed by atoms with Crippen molar-refractivity contribution in [3.63, 3.8) is 0 Å². The molecular formula is C30H31N5O6. The normalized spacial score (nSPS) is 16.2. The first-order valence-corrected chi connectivity index (χ1v) is 13.0. The van der Waals surface area contributed by atoms with Gasteiger partial charge in [0.25, 0.3) is 0 Å². The predicted octanol–water partition coefficient (Wildman–Crippen LogP) is 3.49. The van der Waals surface area contributed by atoms with Crippen LogP contribution < -0.4 is 16.7 Å². The molecule has 1 amide bonds. The van der Waals surface area contributed by atoms with Crippen molar-refractivity contribution in [2.24, 2.45) is 0 Å². The number of nitrogens with zero attached hydrogens (tertiary/aromatic N) is 3. The van der Waals surface area contributed by atoms with Crippen molar-refractivity contribution in [2.75, 3.05) is 17.7 Å². The lowest BCUT2D eigenvalue weighted by Crippen LogP contribution is -2.27. The Hall–Kier alpha value is -4.87. The van der Waals surface area contributed by atoms with Crippen LogP contribution in [0.5, 0.6) is 0 Å². The molecule has 0 unspecified atom stereocenters. The molecule has 2 aromatic heterocycles. The molecule has 6 rings (SSSR count). The van der Waals surface area contributed by atoms with Gasteiger partial charge >= 0.3 is 11.7 Å². The number of rotatable bonds is 4. The highest BCUT2D eigenvalue weighted by Crippen LogP contribution is 2.37. The van der Waals surface area contributed by atoms with Crippen LogP contribution in [0.3, 0.4) is 0 Å². The summed E-state index contributed by atoms with van der Waals surface area (Å²) in [6, 6.07) is 19.2. The fourth-order valence-corrected chi connectivity index (χ4v) is 4.59.